The van der Waals surface area contributed by atoms with Crippen molar-refractivity contribution in [2.24, 2.45) is 0 Å². The normalized spacial score (nSPS) is 10.8. The molecule has 4 heteroatoms. The van der Waals surface area contributed by atoms with Gasteiger partial charge in [-0.3, -0.25) is 4.68 Å². The minimum atomic E-state index is 0.560. The summed E-state index contributed by atoms with van der Waals surface area (Å²) >= 11 is 0. The molecule has 0 saturated heterocycles. The average molecular weight is 230 g/mol. The molecule has 0 aliphatic heterocycles. The van der Waals surface area contributed by atoms with Crippen molar-refractivity contribution in [1.29, 1.82) is 0 Å². The molecule has 0 amide bonds. The molecule has 90 valence electrons. The standard InChI is InChI=1S/C13H18N4/c1-4-5-17-10(3)12(8-16-17)11-7-15-13(14)6-9(11)2/h6-8H,4-5H2,1-3H3,(H2,14,15). The minimum absolute atomic E-state index is 0.560. The second-order valence-corrected chi connectivity index (χ2v) is 4.29. The third-order valence-electron chi connectivity index (χ3n) is 2.96. The highest BCUT2D eigenvalue weighted by Gasteiger charge is 2.10. The summed E-state index contributed by atoms with van der Waals surface area (Å²) in [6.45, 7) is 7.24. The van der Waals surface area contributed by atoms with E-state index >= 15 is 0 Å². The number of nitrogen functional groups attached to an aromatic ring is 1. The van der Waals surface area contributed by atoms with Crippen molar-refractivity contribution in [3.05, 3.63) is 29.7 Å². The first-order valence-electron chi connectivity index (χ1n) is 5.88. The zero-order chi connectivity index (χ0) is 12.4. The van der Waals surface area contributed by atoms with E-state index in [4.69, 9.17) is 5.73 Å². The second kappa shape index (κ2) is 4.57. The predicted octanol–water partition coefficient (Wildman–Crippen LogP) is 2.55. The highest BCUT2D eigenvalue weighted by molar-refractivity contribution is 5.68. The van der Waals surface area contributed by atoms with Gasteiger partial charge in [-0.15, -0.1) is 0 Å². The second-order valence-electron chi connectivity index (χ2n) is 4.29. The Labute approximate surface area is 101 Å². The quantitative estimate of drug-likeness (QED) is 0.881. The molecule has 0 radical (unpaired) electrons. The average Bonchev–Trinajstić information content (AvgIpc) is 2.62. The number of hydrogen-bond acceptors (Lipinski definition) is 3. The van der Waals surface area contributed by atoms with Gasteiger partial charge in [-0.25, -0.2) is 4.98 Å². The lowest BCUT2D eigenvalue weighted by molar-refractivity contribution is 0.587. The van der Waals surface area contributed by atoms with Crippen molar-refractivity contribution in [2.45, 2.75) is 33.7 Å². The number of nitrogens with two attached hydrogens (primary N) is 1. The highest BCUT2D eigenvalue weighted by Crippen LogP contribution is 2.26. The Kier molecular flexibility index (Phi) is 3.13. The number of anilines is 1. The summed E-state index contributed by atoms with van der Waals surface area (Å²) in [6, 6.07) is 1.89. The van der Waals surface area contributed by atoms with E-state index in [0.717, 1.165) is 29.7 Å². The van der Waals surface area contributed by atoms with Crippen molar-refractivity contribution in [1.82, 2.24) is 14.8 Å². The molecule has 0 spiro atoms. The van der Waals surface area contributed by atoms with Gasteiger partial charge in [-0.2, -0.15) is 5.10 Å². The molecule has 0 unspecified atom stereocenters. The Balaban J connectivity index is 2.46. The first-order chi connectivity index (χ1) is 8.13. The molecule has 0 aromatic carbocycles. The predicted molar refractivity (Wildman–Crippen MR) is 69.6 cm³/mol. The van der Waals surface area contributed by atoms with Crippen LogP contribution in [0.2, 0.25) is 0 Å². The number of pyridine rings is 1. The first kappa shape index (κ1) is 11.6. The van der Waals surface area contributed by atoms with E-state index in [1.165, 1.54) is 5.69 Å². The van der Waals surface area contributed by atoms with Gasteiger partial charge in [0.1, 0.15) is 5.82 Å². The van der Waals surface area contributed by atoms with Gasteiger partial charge in [-0.1, -0.05) is 6.92 Å². The van der Waals surface area contributed by atoms with E-state index in [9.17, 15) is 0 Å². The summed E-state index contributed by atoms with van der Waals surface area (Å²) in [4.78, 5) is 4.15. The topological polar surface area (TPSA) is 56.7 Å². The summed E-state index contributed by atoms with van der Waals surface area (Å²) in [6.07, 6.45) is 4.82. The van der Waals surface area contributed by atoms with Gasteiger partial charge in [0.15, 0.2) is 0 Å². The van der Waals surface area contributed by atoms with Crippen LogP contribution in [-0.4, -0.2) is 14.8 Å². The van der Waals surface area contributed by atoms with Crippen LogP contribution in [0.15, 0.2) is 18.5 Å². The fraction of sp³-hybridized carbons (Fsp3) is 0.385. The van der Waals surface area contributed by atoms with Crippen molar-refractivity contribution in [3.8, 4) is 11.1 Å². The van der Waals surface area contributed by atoms with Gasteiger partial charge in [0.2, 0.25) is 0 Å². The number of aryl methyl sites for hydroxylation is 2. The summed E-state index contributed by atoms with van der Waals surface area (Å²) in [5.41, 5.74) is 10.2. The van der Waals surface area contributed by atoms with Gasteiger partial charge in [0, 0.05) is 29.6 Å². The van der Waals surface area contributed by atoms with Crippen LogP contribution in [0.3, 0.4) is 0 Å². The molecule has 0 saturated carbocycles. The van der Waals surface area contributed by atoms with Crippen LogP contribution in [0.4, 0.5) is 5.82 Å². The molecule has 2 rings (SSSR count). The molecule has 0 fully saturated rings. The van der Waals surface area contributed by atoms with Gasteiger partial charge in [-0.05, 0) is 31.9 Å². The lowest BCUT2D eigenvalue weighted by Crippen LogP contribution is -2.01. The number of hydrogen-bond donors (Lipinski definition) is 1. The van der Waals surface area contributed by atoms with Gasteiger partial charge >= 0.3 is 0 Å². The largest absolute Gasteiger partial charge is 0.384 e. The monoisotopic (exact) mass is 230 g/mol. The van der Waals surface area contributed by atoms with Crippen LogP contribution >= 0.6 is 0 Å². The molecule has 2 aromatic heterocycles. The fourth-order valence-electron chi connectivity index (χ4n) is 2.01. The van der Waals surface area contributed by atoms with Crippen LogP contribution in [-0.2, 0) is 6.54 Å². The number of aromatic nitrogens is 3. The maximum atomic E-state index is 5.66. The molecule has 2 heterocycles. The van der Waals surface area contributed by atoms with Gasteiger partial charge < -0.3 is 5.73 Å². The summed E-state index contributed by atoms with van der Waals surface area (Å²) in [5.74, 6) is 0.560. The Hall–Kier alpha value is -1.84. The zero-order valence-corrected chi connectivity index (χ0v) is 10.6. The molecule has 0 aliphatic carbocycles. The maximum Gasteiger partial charge on any atom is 0.123 e. The molecule has 2 N–H and O–H groups in total. The number of rotatable bonds is 3. The van der Waals surface area contributed by atoms with E-state index in [-0.39, 0.29) is 0 Å². The molecular weight excluding hydrogens is 212 g/mol. The molecule has 0 bridgehead atoms. The Morgan fingerprint density at radius 1 is 1.24 bits per heavy atom. The molecule has 0 atom stereocenters. The van der Waals surface area contributed by atoms with Gasteiger partial charge in [0.05, 0.1) is 6.20 Å². The minimum Gasteiger partial charge on any atom is -0.384 e. The smallest absolute Gasteiger partial charge is 0.123 e. The van der Waals surface area contributed by atoms with E-state index in [1.54, 1.807) is 0 Å². The van der Waals surface area contributed by atoms with E-state index in [1.807, 2.05) is 30.1 Å². The fourth-order valence-corrected chi connectivity index (χ4v) is 2.01. The lowest BCUT2D eigenvalue weighted by atomic mass is 10.0. The van der Waals surface area contributed by atoms with Crippen LogP contribution in [0, 0.1) is 13.8 Å². The number of nitrogens with zero attached hydrogens (tertiary/aromatic N) is 3. The Morgan fingerprint density at radius 3 is 2.65 bits per heavy atom. The van der Waals surface area contributed by atoms with Crippen molar-refractivity contribution in [2.75, 3.05) is 5.73 Å². The molecule has 4 nitrogen and oxygen atoms in total. The summed E-state index contributed by atoms with van der Waals surface area (Å²) < 4.78 is 2.03. The van der Waals surface area contributed by atoms with Crippen molar-refractivity contribution >= 4 is 5.82 Å². The zero-order valence-electron chi connectivity index (χ0n) is 10.6. The molecule has 17 heavy (non-hydrogen) atoms. The van der Waals surface area contributed by atoms with Crippen LogP contribution in [0.25, 0.3) is 11.1 Å². The third kappa shape index (κ3) is 2.16. The van der Waals surface area contributed by atoms with Crippen molar-refractivity contribution < 1.29 is 0 Å². The highest BCUT2D eigenvalue weighted by atomic mass is 15.3. The Bertz CT molecular complexity index is 528. The molecule has 2 aromatic rings. The van der Waals surface area contributed by atoms with Crippen LogP contribution in [0.5, 0.6) is 0 Å². The van der Waals surface area contributed by atoms with Gasteiger partial charge in [0.25, 0.3) is 0 Å². The van der Waals surface area contributed by atoms with E-state index in [2.05, 4.69) is 23.9 Å². The van der Waals surface area contributed by atoms with Crippen LogP contribution < -0.4 is 5.73 Å². The van der Waals surface area contributed by atoms with E-state index < -0.39 is 0 Å². The lowest BCUT2D eigenvalue weighted by Gasteiger charge is -2.06. The Morgan fingerprint density at radius 2 is 2.00 bits per heavy atom. The first-order valence-corrected chi connectivity index (χ1v) is 5.88. The molecular formula is C13H18N4. The summed E-state index contributed by atoms with van der Waals surface area (Å²) in [5, 5.41) is 4.40. The maximum absolute atomic E-state index is 5.66. The van der Waals surface area contributed by atoms with Crippen LogP contribution in [0.1, 0.15) is 24.6 Å². The summed E-state index contributed by atoms with van der Waals surface area (Å²) in [7, 11) is 0. The molecule has 0 aliphatic rings. The van der Waals surface area contributed by atoms with Crippen molar-refractivity contribution in [3.63, 3.8) is 0 Å². The SMILES string of the molecule is CCCn1ncc(-c2cnc(N)cc2C)c1C. The third-order valence-corrected chi connectivity index (χ3v) is 2.96. The van der Waals surface area contributed by atoms with E-state index in [0.29, 0.717) is 5.82 Å².